The number of benzene rings is 2. The van der Waals surface area contributed by atoms with Crippen molar-refractivity contribution in [3.8, 4) is 0 Å². The summed E-state index contributed by atoms with van der Waals surface area (Å²) in [5, 5.41) is 2.86. The summed E-state index contributed by atoms with van der Waals surface area (Å²) in [7, 11) is -3.59. The predicted molar refractivity (Wildman–Crippen MR) is 105 cm³/mol. The van der Waals surface area contributed by atoms with Crippen molar-refractivity contribution in [3.63, 3.8) is 0 Å². The molecule has 0 spiro atoms. The van der Waals surface area contributed by atoms with Crippen molar-refractivity contribution in [3.05, 3.63) is 59.2 Å². The van der Waals surface area contributed by atoms with Crippen LogP contribution in [-0.2, 0) is 34.1 Å². The van der Waals surface area contributed by atoms with Crippen LogP contribution in [0.15, 0.2) is 47.4 Å². The Morgan fingerprint density at radius 3 is 2.41 bits per heavy atom. The van der Waals surface area contributed by atoms with Crippen LogP contribution in [0.4, 0.5) is 5.69 Å². The molecule has 142 valence electrons. The van der Waals surface area contributed by atoms with E-state index in [-0.39, 0.29) is 11.9 Å². The van der Waals surface area contributed by atoms with E-state index in [1.165, 1.54) is 11.1 Å². The zero-order valence-corrected chi connectivity index (χ0v) is 16.3. The Morgan fingerprint density at radius 1 is 1.04 bits per heavy atom. The lowest BCUT2D eigenvalue weighted by Crippen LogP contribution is -2.40. The molecule has 0 saturated heterocycles. The molecular formula is C21H24N2O3S. The molecule has 0 aromatic heterocycles. The van der Waals surface area contributed by atoms with Crippen LogP contribution in [0.2, 0.25) is 0 Å². The molecule has 0 radical (unpaired) electrons. The van der Waals surface area contributed by atoms with Crippen molar-refractivity contribution >= 4 is 21.6 Å². The molecule has 5 nitrogen and oxygen atoms in total. The minimum Gasteiger partial charge on any atom is -0.326 e. The maximum Gasteiger partial charge on any atom is 0.243 e. The lowest BCUT2D eigenvalue weighted by atomic mass is 10.1. The molecular weight excluding hydrogens is 360 g/mol. The molecule has 4 rings (SSSR count). The Bertz CT molecular complexity index is 960. The van der Waals surface area contributed by atoms with Crippen LogP contribution in [-0.4, -0.2) is 31.2 Å². The molecule has 0 atom stereocenters. The molecule has 1 N–H and O–H groups in total. The van der Waals surface area contributed by atoms with E-state index < -0.39 is 10.0 Å². The van der Waals surface area contributed by atoms with E-state index in [4.69, 9.17) is 0 Å². The van der Waals surface area contributed by atoms with Crippen LogP contribution in [0.1, 0.15) is 36.5 Å². The van der Waals surface area contributed by atoms with Crippen LogP contribution in [0, 0.1) is 0 Å². The number of aryl methyl sites for hydroxylation is 1. The first-order valence-corrected chi connectivity index (χ1v) is 10.9. The average molecular weight is 385 g/mol. The maximum atomic E-state index is 13.4. The topological polar surface area (TPSA) is 66.5 Å². The van der Waals surface area contributed by atoms with Crippen LogP contribution in [0.25, 0.3) is 0 Å². The Morgan fingerprint density at radius 2 is 1.74 bits per heavy atom. The zero-order chi connectivity index (χ0) is 19.0. The van der Waals surface area contributed by atoms with Gasteiger partial charge in [-0.3, -0.25) is 4.79 Å². The highest BCUT2D eigenvalue weighted by atomic mass is 32.2. The third-order valence-corrected chi connectivity index (χ3v) is 7.58. The molecule has 1 aliphatic heterocycles. The molecule has 0 unspecified atom stereocenters. The van der Waals surface area contributed by atoms with Gasteiger partial charge in [0.15, 0.2) is 0 Å². The Balaban J connectivity index is 1.64. The molecule has 0 saturated carbocycles. The smallest absolute Gasteiger partial charge is 0.243 e. The number of amides is 1. The highest BCUT2D eigenvalue weighted by Crippen LogP contribution is 2.31. The molecule has 27 heavy (non-hydrogen) atoms. The summed E-state index contributed by atoms with van der Waals surface area (Å²) >= 11 is 0. The number of nitrogens with one attached hydrogen (secondary N) is 1. The summed E-state index contributed by atoms with van der Waals surface area (Å²) in [5.74, 6) is -0.0109. The van der Waals surface area contributed by atoms with E-state index in [0.717, 1.165) is 30.5 Å². The van der Waals surface area contributed by atoms with E-state index >= 15 is 0 Å². The maximum absolute atomic E-state index is 13.4. The number of carbonyl (C=O) groups is 1. The van der Waals surface area contributed by atoms with E-state index in [9.17, 15) is 13.2 Å². The van der Waals surface area contributed by atoms with Gasteiger partial charge in [0.2, 0.25) is 15.9 Å². The van der Waals surface area contributed by atoms with Crippen molar-refractivity contribution < 1.29 is 13.2 Å². The number of nitrogens with zero attached hydrogens (tertiary/aromatic N) is 1. The average Bonchev–Trinajstić information content (AvgIpc) is 2.96. The number of hydrogen-bond donors (Lipinski definition) is 1. The van der Waals surface area contributed by atoms with Gasteiger partial charge in [0.1, 0.15) is 0 Å². The molecule has 6 heteroatoms. The standard InChI is InChI=1S/C21H24N2O3S/c1-2-23(18-12-15-6-3-4-7-16(15)13-18)27(25,26)19-10-11-20-17(14-19)8-5-9-21(24)22-20/h3-4,6-7,10-11,14,18H,2,5,8-9,12-13H2,1H3,(H,22,24). The molecule has 1 aliphatic carbocycles. The first-order valence-electron chi connectivity index (χ1n) is 9.50. The summed E-state index contributed by atoms with van der Waals surface area (Å²) < 4.78 is 28.4. The van der Waals surface area contributed by atoms with Gasteiger partial charge in [-0.25, -0.2) is 8.42 Å². The normalized spacial score (nSPS) is 17.3. The number of hydrogen-bond acceptors (Lipinski definition) is 3. The van der Waals surface area contributed by atoms with Crippen LogP contribution in [0.3, 0.4) is 0 Å². The minimum absolute atomic E-state index is 0.0109. The molecule has 2 aliphatic rings. The lowest BCUT2D eigenvalue weighted by molar-refractivity contribution is -0.116. The number of likely N-dealkylation sites (N-methyl/N-ethyl adjacent to an activating group) is 1. The molecule has 0 fully saturated rings. The van der Waals surface area contributed by atoms with Gasteiger partial charge < -0.3 is 5.32 Å². The van der Waals surface area contributed by atoms with Crippen molar-refractivity contribution in [2.24, 2.45) is 0 Å². The van der Waals surface area contributed by atoms with Gasteiger partial charge in [0, 0.05) is 24.7 Å². The van der Waals surface area contributed by atoms with Gasteiger partial charge in [-0.1, -0.05) is 31.2 Å². The molecule has 1 heterocycles. The Labute approximate surface area is 160 Å². The Kier molecular flexibility index (Phi) is 4.78. The fourth-order valence-corrected chi connectivity index (χ4v) is 5.89. The van der Waals surface area contributed by atoms with Gasteiger partial charge >= 0.3 is 0 Å². The summed E-state index contributed by atoms with van der Waals surface area (Å²) in [5.41, 5.74) is 4.10. The molecule has 0 bridgehead atoms. The van der Waals surface area contributed by atoms with Gasteiger partial charge in [-0.2, -0.15) is 4.31 Å². The fourth-order valence-electron chi connectivity index (χ4n) is 4.21. The van der Waals surface area contributed by atoms with Crippen molar-refractivity contribution in [2.75, 3.05) is 11.9 Å². The summed E-state index contributed by atoms with van der Waals surface area (Å²) in [6.07, 6.45) is 3.42. The largest absolute Gasteiger partial charge is 0.326 e. The van der Waals surface area contributed by atoms with E-state index in [1.807, 2.05) is 19.1 Å². The zero-order valence-electron chi connectivity index (χ0n) is 15.4. The van der Waals surface area contributed by atoms with E-state index in [2.05, 4.69) is 17.4 Å². The van der Waals surface area contributed by atoms with Gasteiger partial charge in [0.05, 0.1) is 4.90 Å². The van der Waals surface area contributed by atoms with Crippen molar-refractivity contribution in [1.29, 1.82) is 0 Å². The monoisotopic (exact) mass is 384 g/mol. The van der Waals surface area contributed by atoms with Crippen LogP contribution in [0.5, 0.6) is 0 Å². The van der Waals surface area contributed by atoms with Crippen LogP contribution < -0.4 is 5.32 Å². The molecule has 2 aromatic carbocycles. The minimum atomic E-state index is -3.59. The fraction of sp³-hybridized carbons (Fsp3) is 0.381. The third kappa shape index (κ3) is 3.39. The van der Waals surface area contributed by atoms with Crippen molar-refractivity contribution in [1.82, 2.24) is 4.31 Å². The number of fused-ring (bicyclic) bond motifs is 2. The summed E-state index contributed by atoms with van der Waals surface area (Å²) in [6, 6.07) is 13.2. The third-order valence-electron chi connectivity index (χ3n) is 5.56. The first kappa shape index (κ1) is 18.2. The second-order valence-electron chi connectivity index (χ2n) is 7.26. The van der Waals surface area contributed by atoms with E-state index in [0.29, 0.717) is 24.3 Å². The number of carbonyl (C=O) groups excluding carboxylic acids is 1. The molecule has 2 aromatic rings. The Hall–Kier alpha value is -2.18. The lowest BCUT2D eigenvalue weighted by Gasteiger charge is -2.27. The van der Waals surface area contributed by atoms with Gasteiger partial charge in [-0.15, -0.1) is 0 Å². The highest BCUT2D eigenvalue weighted by molar-refractivity contribution is 7.89. The van der Waals surface area contributed by atoms with Gasteiger partial charge in [-0.05, 0) is 60.6 Å². The quantitative estimate of drug-likeness (QED) is 0.881. The number of sulfonamides is 1. The first-order chi connectivity index (χ1) is 13.0. The number of anilines is 1. The summed E-state index contributed by atoms with van der Waals surface area (Å²) in [4.78, 5) is 12.0. The number of rotatable bonds is 4. The SMILES string of the molecule is CCN(C1Cc2ccccc2C1)S(=O)(=O)c1ccc2c(c1)CCCC(=O)N2. The van der Waals surface area contributed by atoms with Gasteiger partial charge in [0.25, 0.3) is 0 Å². The van der Waals surface area contributed by atoms with Crippen LogP contribution >= 0.6 is 0 Å². The second-order valence-corrected chi connectivity index (χ2v) is 9.15. The molecule has 1 amide bonds. The van der Waals surface area contributed by atoms with E-state index in [1.54, 1.807) is 22.5 Å². The predicted octanol–water partition coefficient (Wildman–Crippen LogP) is 3.14. The highest BCUT2D eigenvalue weighted by Gasteiger charge is 2.34. The van der Waals surface area contributed by atoms with Crippen molar-refractivity contribution in [2.45, 2.75) is 50.0 Å². The summed E-state index contributed by atoms with van der Waals surface area (Å²) in [6.45, 7) is 2.33. The second kappa shape index (κ2) is 7.09.